The molecule has 7 nitrogen and oxygen atoms in total. The molecule has 0 saturated heterocycles. The number of rotatable bonds is 10. The summed E-state index contributed by atoms with van der Waals surface area (Å²) in [6, 6.07) is 18.5. The molecule has 3 aromatic rings. The lowest BCUT2D eigenvalue weighted by molar-refractivity contribution is 0.0949. The first kappa shape index (κ1) is 22.8. The van der Waals surface area contributed by atoms with Gasteiger partial charge in [-0.25, -0.2) is 0 Å². The van der Waals surface area contributed by atoms with Crippen LogP contribution in [0.25, 0.3) is 0 Å². The predicted molar refractivity (Wildman–Crippen MR) is 121 cm³/mol. The van der Waals surface area contributed by atoms with Gasteiger partial charge in [-0.3, -0.25) is 4.79 Å². The SMILES string of the molecule is COc1cccc(CNC(=O)c2cc(OC)c(OCc3ccccc3)c(OC)c2)c1OC. The summed E-state index contributed by atoms with van der Waals surface area (Å²) >= 11 is 0. The average Bonchev–Trinajstić information content (AvgIpc) is 2.85. The Morgan fingerprint density at radius 3 is 2.00 bits per heavy atom. The molecule has 0 fully saturated rings. The number of para-hydroxylation sites is 1. The maximum Gasteiger partial charge on any atom is 0.251 e. The molecule has 0 bridgehead atoms. The van der Waals surface area contributed by atoms with Gasteiger partial charge in [0.1, 0.15) is 6.61 Å². The molecule has 0 aromatic heterocycles. The molecule has 0 radical (unpaired) electrons. The molecule has 0 aliphatic heterocycles. The molecule has 168 valence electrons. The van der Waals surface area contributed by atoms with Gasteiger partial charge in [0.25, 0.3) is 5.91 Å². The van der Waals surface area contributed by atoms with E-state index in [4.69, 9.17) is 23.7 Å². The Balaban J connectivity index is 1.78. The lowest BCUT2D eigenvalue weighted by atomic mass is 10.1. The second-order valence-corrected chi connectivity index (χ2v) is 6.82. The Labute approximate surface area is 187 Å². The highest BCUT2D eigenvalue weighted by Gasteiger charge is 2.18. The monoisotopic (exact) mass is 437 g/mol. The van der Waals surface area contributed by atoms with E-state index in [9.17, 15) is 4.79 Å². The zero-order chi connectivity index (χ0) is 22.9. The molecule has 3 rings (SSSR count). The smallest absolute Gasteiger partial charge is 0.251 e. The van der Waals surface area contributed by atoms with Crippen molar-refractivity contribution in [3.8, 4) is 28.7 Å². The third-order valence-electron chi connectivity index (χ3n) is 4.87. The van der Waals surface area contributed by atoms with Gasteiger partial charge in [0.2, 0.25) is 5.75 Å². The molecule has 0 atom stereocenters. The Kier molecular flexibility index (Phi) is 7.80. The van der Waals surface area contributed by atoms with E-state index in [2.05, 4.69) is 5.32 Å². The number of ether oxygens (including phenoxy) is 5. The summed E-state index contributed by atoms with van der Waals surface area (Å²) in [4.78, 5) is 12.9. The van der Waals surface area contributed by atoms with Crippen molar-refractivity contribution in [2.75, 3.05) is 28.4 Å². The van der Waals surface area contributed by atoms with Gasteiger partial charge in [-0.05, 0) is 23.8 Å². The lowest BCUT2D eigenvalue weighted by Crippen LogP contribution is -2.23. The summed E-state index contributed by atoms with van der Waals surface area (Å²) in [6.45, 7) is 0.602. The van der Waals surface area contributed by atoms with Crippen LogP contribution in [-0.4, -0.2) is 34.3 Å². The normalized spacial score (nSPS) is 10.2. The van der Waals surface area contributed by atoms with Crippen LogP contribution in [0, 0.1) is 0 Å². The molecular formula is C25H27NO6. The van der Waals surface area contributed by atoms with Crippen LogP contribution in [0.15, 0.2) is 60.7 Å². The number of nitrogens with one attached hydrogen (secondary N) is 1. The minimum atomic E-state index is -0.291. The van der Waals surface area contributed by atoms with Gasteiger partial charge >= 0.3 is 0 Å². The molecule has 7 heteroatoms. The van der Waals surface area contributed by atoms with Gasteiger partial charge in [0.05, 0.1) is 28.4 Å². The molecule has 32 heavy (non-hydrogen) atoms. The summed E-state index contributed by atoms with van der Waals surface area (Å²) in [5.74, 6) is 2.14. The topological polar surface area (TPSA) is 75.3 Å². The predicted octanol–water partition coefficient (Wildman–Crippen LogP) is 4.23. The van der Waals surface area contributed by atoms with Crippen LogP contribution in [0.4, 0.5) is 0 Å². The van der Waals surface area contributed by atoms with Crippen molar-refractivity contribution in [3.05, 3.63) is 77.4 Å². The van der Waals surface area contributed by atoms with Crippen molar-refractivity contribution in [3.63, 3.8) is 0 Å². The highest BCUT2D eigenvalue weighted by Crippen LogP contribution is 2.39. The van der Waals surface area contributed by atoms with Gasteiger partial charge in [-0.1, -0.05) is 42.5 Å². The van der Waals surface area contributed by atoms with Crippen molar-refractivity contribution in [2.45, 2.75) is 13.2 Å². The van der Waals surface area contributed by atoms with Crippen LogP contribution in [0.1, 0.15) is 21.5 Å². The molecule has 0 saturated carbocycles. The number of amides is 1. The number of carbonyl (C=O) groups excluding carboxylic acids is 1. The molecular weight excluding hydrogens is 410 g/mol. The van der Waals surface area contributed by atoms with Crippen LogP contribution in [-0.2, 0) is 13.2 Å². The van der Waals surface area contributed by atoms with Gasteiger partial charge < -0.3 is 29.0 Å². The quantitative estimate of drug-likeness (QED) is 0.512. The molecule has 1 amide bonds. The number of benzene rings is 3. The lowest BCUT2D eigenvalue weighted by Gasteiger charge is -2.17. The van der Waals surface area contributed by atoms with Gasteiger partial charge in [0, 0.05) is 17.7 Å². The average molecular weight is 437 g/mol. The molecule has 0 spiro atoms. The van der Waals surface area contributed by atoms with E-state index < -0.39 is 0 Å². The van der Waals surface area contributed by atoms with E-state index in [0.29, 0.717) is 40.9 Å². The highest BCUT2D eigenvalue weighted by atomic mass is 16.5. The number of methoxy groups -OCH3 is 4. The van der Waals surface area contributed by atoms with E-state index >= 15 is 0 Å². The maximum absolute atomic E-state index is 12.9. The summed E-state index contributed by atoms with van der Waals surface area (Å²) in [5, 5.41) is 2.89. The summed E-state index contributed by atoms with van der Waals surface area (Å²) in [7, 11) is 6.17. The van der Waals surface area contributed by atoms with E-state index in [-0.39, 0.29) is 12.5 Å². The van der Waals surface area contributed by atoms with Crippen LogP contribution >= 0.6 is 0 Å². The second kappa shape index (κ2) is 10.9. The summed E-state index contributed by atoms with van der Waals surface area (Å²) in [5.41, 5.74) is 2.18. The molecule has 0 aliphatic rings. The van der Waals surface area contributed by atoms with Gasteiger partial charge in [-0.2, -0.15) is 0 Å². The minimum Gasteiger partial charge on any atom is -0.493 e. The highest BCUT2D eigenvalue weighted by molar-refractivity contribution is 5.95. The fourth-order valence-corrected chi connectivity index (χ4v) is 3.25. The first-order valence-electron chi connectivity index (χ1n) is 10.0. The zero-order valence-electron chi connectivity index (χ0n) is 18.6. The standard InChI is InChI=1S/C25H27NO6/c1-28-20-12-8-11-18(23(20)31-4)15-26-25(27)19-13-21(29-2)24(22(14-19)30-3)32-16-17-9-6-5-7-10-17/h5-14H,15-16H2,1-4H3,(H,26,27). The first-order chi connectivity index (χ1) is 15.6. The van der Waals surface area contributed by atoms with Crippen molar-refractivity contribution >= 4 is 5.91 Å². The molecule has 0 unspecified atom stereocenters. The zero-order valence-corrected chi connectivity index (χ0v) is 18.6. The Hall–Kier alpha value is -3.87. The molecule has 3 aromatic carbocycles. The Morgan fingerprint density at radius 1 is 0.750 bits per heavy atom. The van der Waals surface area contributed by atoms with Gasteiger partial charge in [-0.15, -0.1) is 0 Å². The Morgan fingerprint density at radius 2 is 1.41 bits per heavy atom. The fraction of sp³-hybridized carbons (Fsp3) is 0.240. The van der Waals surface area contributed by atoms with Gasteiger partial charge in [0.15, 0.2) is 23.0 Å². The van der Waals surface area contributed by atoms with Crippen LogP contribution in [0.3, 0.4) is 0 Å². The number of carbonyl (C=O) groups is 1. The third kappa shape index (κ3) is 5.24. The largest absolute Gasteiger partial charge is 0.493 e. The van der Waals surface area contributed by atoms with E-state index in [0.717, 1.165) is 11.1 Å². The van der Waals surface area contributed by atoms with Crippen molar-refractivity contribution in [2.24, 2.45) is 0 Å². The van der Waals surface area contributed by atoms with E-state index in [1.165, 1.54) is 14.2 Å². The minimum absolute atomic E-state index is 0.260. The molecule has 0 heterocycles. The fourth-order valence-electron chi connectivity index (χ4n) is 3.25. The Bertz CT molecular complexity index is 1030. The second-order valence-electron chi connectivity index (χ2n) is 6.82. The molecule has 1 N–H and O–H groups in total. The maximum atomic E-state index is 12.9. The van der Waals surface area contributed by atoms with Crippen LogP contribution in [0.2, 0.25) is 0 Å². The number of hydrogen-bond donors (Lipinski definition) is 1. The van der Waals surface area contributed by atoms with E-state index in [1.54, 1.807) is 32.4 Å². The summed E-state index contributed by atoms with van der Waals surface area (Å²) in [6.07, 6.45) is 0. The molecule has 0 aliphatic carbocycles. The van der Waals surface area contributed by atoms with Crippen molar-refractivity contribution in [1.82, 2.24) is 5.32 Å². The summed E-state index contributed by atoms with van der Waals surface area (Å²) < 4.78 is 27.6. The third-order valence-corrected chi connectivity index (χ3v) is 4.87. The first-order valence-corrected chi connectivity index (χ1v) is 10.0. The van der Waals surface area contributed by atoms with Crippen LogP contribution in [0.5, 0.6) is 28.7 Å². The number of hydrogen-bond acceptors (Lipinski definition) is 6. The van der Waals surface area contributed by atoms with Crippen LogP contribution < -0.4 is 29.0 Å². The van der Waals surface area contributed by atoms with Crippen molar-refractivity contribution < 1.29 is 28.5 Å². The van der Waals surface area contributed by atoms with Crippen molar-refractivity contribution in [1.29, 1.82) is 0 Å². The van der Waals surface area contributed by atoms with E-state index in [1.807, 2.05) is 42.5 Å².